The topological polar surface area (TPSA) is 60.2 Å². The first-order chi connectivity index (χ1) is 13.8. The van der Waals surface area contributed by atoms with Crippen molar-refractivity contribution in [3.8, 4) is 5.75 Å². The van der Waals surface area contributed by atoms with E-state index in [9.17, 15) is 4.79 Å². The fourth-order valence-corrected chi connectivity index (χ4v) is 5.01. The highest BCUT2D eigenvalue weighted by atomic mass is 32.2. The van der Waals surface area contributed by atoms with Gasteiger partial charge in [-0.1, -0.05) is 17.8 Å². The molecule has 2 heterocycles. The van der Waals surface area contributed by atoms with Gasteiger partial charge in [0.05, 0.1) is 23.6 Å². The molecule has 1 fully saturated rings. The number of ether oxygens (including phenoxy) is 1. The molecule has 29 heavy (non-hydrogen) atoms. The zero-order chi connectivity index (χ0) is 20.8. The molecule has 0 radical (unpaired) electrons. The molecule has 0 N–H and O–H groups in total. The van der Waals surface area contributed by atoms with Crippen LogP contribution in [0.2, 0.25) is 0 Å². The molecule has 6 nitrogen and oxygen atoms in total. The Morgan fingerprint density at radius 2 is 2.03 bits per heavy atom. The van der Waals surface area contributed by atoms with Crippen LogP contribution in [0.25, 0.3) is 5.57 Å². The predicted octanol–water partition coefficient (Wildman–Crippen LogP) is 4.64. The predicted molar refractivity (Wildman–Crippen MR) is 117 cm³/mol. The Morgan fingerprint density at radius 1 is 1.28 bits per heavy atom. The van der Waals surface area contributed by atoms with E-state index < -0.39 is 5.54 Å². The number of amides is 1. The Labute approximate surface area is 176 Å². The molecule has 0 bridgehead atoms. The number of nitrogens with zero attached hydrogens (tertiary/aromatic N) is 4. The monoisotopic (exact) mass is 412 g/mol. The van der Waals surface area contributed by atoms with Gasteiger partial charge < -0.3 is 14.2 Å². The van der Waals surface area contributed by atoms with E-state index in [4.69, 9.17) is 4.74 Å². The Kier molecular flexibility index (Phi) is 5.19. The molecule has 0 spiro atoms. The van der Waals surface area contributed by atoms with Gasteiger partial charge >= 0.3 is 0 Å². The minimum Gasteiger partial charge on any atom is -0.494 e. The van der Waals surface area contributed by atoms with Crippen molar-refractivity contribution in [3.05, 3.63) is 35.7 Å². The molecule has 1 aliphatic heterocycles. The summed E-state index contributed by atoms with van der Waals surface area (Å²) >= 11 is 1.48. The SMILES string of the molecule is CCOc1ccc2c(c1)C(C)=CC(C)(C)N2C(=O)CSc1nnc(C)n1C1CC1. The van der Waals surface area contributed by atoms with Crippen LogP contribution in [0, 0.1) is 6.92 Å². The molecule has 0 atom stereocenters. The van der Waals surface area contributed by atoms with Crippen LogP contribution in [0.1, 0.15) is 58.0 Å². The van der Waals surface area contributed by atoms with Gasteiger partial charge in [-0.05, 0) is 71.2 Å². The second-order valence-corrected chi connectivity index (χ2v) is 9.18. The maximum absolute atomic E-state index is 13.4. The minimum absolute atomic E-state index is 0.0668. The number of carbonyl (C=O) groups excluding carboxylic acids is 1. The summed E-state index contributed by atoms with van der Waals surface area (Å²) in [5.41, 5.74) is 2.74. The summed E-state index contributed by atoms with van der Waals surface area (Å²) in [6.45, 7) is 10.8. The average molecular weight is 413 g/mol. The van der Waals surface area contributed by atoms with Crippen LogP contribution in [0.3, 0.4) is 0 Å². The van der Waals surface area contributed by atoms with E-state index >= 15 is 0 Å². The molecule has 4 rings (SSSR count). The molecule has 1 amide bonds. The van der Waals surface area contributed by atoms with E-state index in [1.165, 1.54) is 24.6 Å². The third kappa shape index (κ3) is 3.80. The zero-order valence-electron chi connectivity index (χ0n) is 17.7. The summed E-state index contributed by atoms with van der Waals surface area (Å²) in [6, 6.07) is 6.47. The van der Waals surface area contributed by atoms with Gasteiger partial charge in [0.1, 0.15) is 11.6 Å². The van der Waals surface area contributed by atoms with Gasteiger partial charge in [0.25, 0.3) is 0 Å². The normalized spacial score (nSPS) is 17.7. The molecule has 0 saturated heterocycles. The number of hydrogen-bond acceptors (Lipinski definition) is 5. The Hall–Kier alpha value is -2.28. The van der Waals surface area contributed by atoms with E-state index in [1.54, 1.807) is 0 Å². The molecular formula is C22H28N4O2S. The number of aryl methyl sites for hydroxylation is 1. The molecule has 1 aliphatic carbocycles. The fraction of sp³-hybridized carbons (Fsp3) is 0.500. The number of thioether (sulfide) groups is 1. The van der Waals surface area contributed by atoms with Gasteiger partial charge in [0.15, 0.2) is 5.16 Å². The van der Waals surface area contributed by atoms with Gasteiger partial charge in [0, 0.05) is 11.6 Å². The van der Waals surface area contributed by atoms with Crippen molar-refractivity contribution in [3.63, 3.8) is 0 Å². The lowest BCUT2D eigenvalue weighted by Crippen LogP contribution is -2.49. The van der Waals surface area contributed by atoms with Crippen molar-refractivity contribution in [1.29, 1.82) is 0 Å². The van der Waals surface area contributed by atoms with Crippen molar-refractivity contribution < 1.29 is 9.53 Å². The van der Waals surface area contributed by atoms with E-state index in [0.29, 0.717) is 18.4 Å². The Morgan fingerprint density at radius 3 is 2.72 bits per heavy atom. The van der Waals surface area contributed by atoms with Gasteiger partial charge in [-0.15, -0.1) is 10.2 Å². The summed E-state index contributed by atoms with van der Waals surface area (Å²) < 4.78 is 7.84. The van der Waals surface area contributed by atoms with Crippen LogP contribution < -0.4 is 9.64 Å². The zero-order valence-corrected chi connectivity index (χ0v) is 18.5. The lowest BCUT2D eigenvalue weighted by atomic mass is 9.88. The second-order valence-electron chi connectivity index (χ2n) is 8.24. The van der Waals surface area contributed by atoms with Gasteiger partial charge in [-0.3, -0.25) is 4.79 Å². The molecular weight excluding hydrogens is 384 g/mol. The number of aromatic nitrogens is 3. The number of benzene rings is 1. The molecule has 2 aliphatic rings. The van der Waals surface area contributed by atoms with Gasteiger partial charge in [-0.25, -0.2) is 0 Å². The second kappa shape index (κ2) is 7.52. The van der Waals surface area contributed by atoms with E-state index in [-0.39, 0.29) is 5.91 Å². The van der Waals surface area contributed by atoms with Crippen molar-refractivity contribution in [2.45, 2.75) is 64.2 Å². The first kappa shape index (κ1) is 20.0. The third-order valence-electron chi connectivity index (χ3n) is 5.41. The first-order valence-electron chi connectivity index (χ1n) is 10.2. The minimum atomic E-state index is -0.401. The largest absolute Gasteiger partial charge is 0.494 e. The summed E-state index contributed by atoms with van der Waals surface area (Å²) in [5.74, 6) is 2.15. The van der Waals surface area contributed by atoms with Gasteiger partial charge in [0.2, 0.25) is 5.91 Å². The number of allylic oxidation sites excluding steroid dienone is 1. The van der Waals surface area contributed by atoms with Crippen LogP contribution in [0.5, 0.6) is 5.75 Å². The summed E-state index contributed by atoms with van der Waals surface area (Å²) in [5, 5.41) is 9.35. The first-order valence-corrected chi connectivity index (χ1v) is 11.1. The maximum atomic E-state index is 13.4. The highest BCUT2D eigenvalue weighted by molar-refractivity contribution is 7.99. The summed E-state index contributed by atoms with van der Waals surface area (Å²) in [6.07, 6.45) is 4.49. The number of rotatable bonds is 6. The van der Waals surface area contributed by atoms with Crippen molar-refractivity contribution in [2.75, 3.05) is 17.3 Å². The van der Waals surface area contributed by atoms with Crippen molar-refractivity contribution in [2.24, 2.45) is 0 Å². The van der Waals surface area contributed by atoms with Crippen LogP contribution in [0.4, 0.5) is 5.69 Å². The molecule has 1 saturated carbocycles. The lowest BCUT2D eigenvalue weighted by molar-refractivity contribution is -0.116. The highest BCUT2D eigenvalue weighted by Gasteiger charge is 2.36. The number of anilines is 1. The van der Waals surface area contributed by atoms with Crippen LogP contribution in [0.15, 0.2) is 29.4 Å². The van der Waals surface area contributed by atoms with E-state index in [2.05, 4.69) is 41.6 Å². The molecule has 7 heteroatoms. The molecule has 1 aromatic carbocycles. The van der Waals surface area contributed by atoms with E-state index in [1.807, 2.05) is 36.9 Å². The maximum Gasteiger partial charge on any atom is 0.238 e. The lowest BCUT2D eigenvalue weighted by Gasteiger charge is -2.41. The van der Waals surface area contributed by atoms with Crippen LogP contribution in [-0.4, -0.2) is 38.6 Å². The standard InChI is InChI=1S/C22H28N4O2S/c1-6-28-17-9-10-19-18(11-17)14(2)12-22(4,5)26(19)20(27)13-29-21-24-23-15(3)25(21)16-7-8-16/h9-12,16H,6-8,13H2,1-5H3. The number of hydrogen-bond donors (Lipinski definition) is 0. The summed E-state index contributed by atoms with van der Waals surface area (Å²) in [4.78, 5) is 15.3. The highest BCUT2D eigenvalue weighted by Crippen LogP contribution is 2.42. The number of carbonyl (C=O) groups is 1. The quantitative estimate of drug-likeness (QED) is 0.647. The smallest absolute Gasteiger partial charge is 0.238 e. The molecule has 2 aromatic rings. The summed E-state index contributed by atoms with van der Waals surface area (Å²) in [7, 11) is 0. The Bertz CT molecular complexity index is 975. The van der Waals surface area contributed by atoms with Crippen molar-refractivity contribution >= 4 is 28.9 Å². The van der Waals surface area contributed by atoms with Crippen LogP contribution >= 0.6 is 11.8 Å². The Balaban J connectivity index is 1.59. The van der Waals surface area contributed by atoms with E-state index in [0.717, 1.165) is 33.6 Å². The fourth-order valence-electron chi connectivity index (χ4n) is 4.11. The molecule has 0 unspecified atom stereocenters. The molecule has 1 aromatic heterocycles. The van der Waals surface area contributed by atoms with Gasteiger partial charge in [-0.2, -0.15) is 0 Å². The van der Waals surface area contributed by atoms with Crippen molar-refractivity contribution in [1.82, 2.24) is 14.8 Å². The number of fused-ring (bicyclic) bond motifs is 1. The third-order valence-corrected chi connectivity index (χ3v) is 6.34. The molecule has 154 valence electrons. The average Bonchev–Trinajstić information content (AvgIpc) is 3.42. The van der Waals surface area contributed by atoms with Crippen LogP contribution in [-0.2, 0) is 4.79 Å².